The fraction of sp³-hybridized carbons (Fsp3) is 0.938. The molecule has 4 nitrogen and oxygen atoms in total. The van der Waals surface area contributed by atoms with Gasteiger partial charge in [-0.2, -0.15) is 5.26 Å². The summed E-state index contributed by atoms with van der Waals surface area (Å²) in [6.07, 6.45) is 11.2. The van der Waals surface area contributed by atoms with Gasteiger partial charge in [0.15, 0.2) is 5.25 Å². The van der Waals surface area contributed by atoms with E-state index in [9.17, 15) is 8.42 Å². The molecule has 1 unspecified atom stereocenters. The largest absolute Gasteiger partial charge is 0.227 e. The Morgan fingerprint density at radius 2 is 1.43 bits per heavy atom. The van der Waals surface area contributed by atoms with E-state index in [1.807, 2.05) is 6.07 Å². The van der Waals surface area contributed by atoms with Crippen LogP contribution in [0.1, 0.15) is 84.5 Å². The maximum atomic E-state index is 12.0. The fourth-order valence-corrected chi connectivity index (χ4v) is 3.51. The second-order valence-electron chi connectivity index (χ2n) is 5.67. The summed E-state index contributed by atoms with van der Waals surface area (Å²) in [6.45, 7) is 4.75. The minimum atomic E-state index is -3.47. The molecule has 0 aliphatic heterocycles. The van der Waals surface area contributed by atoms with Gasteiger partial charge in [0.05, 0.1) is 6.07 Å². The van der Waals surface area contributed by atoms with Gasteiger partial charge in [-0.05, 0) is 12.8 Å². The number of hydrogen-bond donors (Lipinski definition) is 1. The van der Waals surface area contributed by atoms with Crippen LogP contribution < -0.4 is 4.72 Å². The van der Waals surface area contributed by atoms with Gasteiger partial charge in [-0.3, -0.25) is 0 Å². The molecule has 0 aromatic rings. The van der Waals surface area contributed by atoms with E-state index >= 15 is 0 Å². The summed E-state index contributed by atoms with van der Waals surface area (Å²) >= 11 is 0. The Morgan fingerprint density at radius 3 is 2.00 bits per heavy atom. The molecular weight excluding hydrogens is 284 g/mol. The van der Waals surface area contributed by atoms with Crippen molar-refractivity contribution in [2.75, 3.05) is 6.54 Å². The highest BCUT2D eigenvalue weighted by Gasteiger charge is 2.23. The maximum absolute atomic E-state index is 12.0. The quantitative estimate of drug-likeness (QED) is 0.490. The Morgan fingerprint density at radius 1 is 0.905 bits per heavy atom. The van der Waals surface area contributed by atoms with Gasteiger partial charge in [0.1, 0.15) is 0 Å². The van der Waals surface area contributed by atoms with Crippen LogP contribution in [-0.2, 0) is 10.0 Å². The van der Waals surface area contributed by atoms with E-state index in [0.717, 1.165) is 44.9 Å². The van der Waals surface area contributed by atoms with E-state index < -0.39 is 15.3 Å². The van der Waals surface area contributed by atoms with Crippen molar-refractivity contribution in [2.24, 2.45) is 0 Å². The van der Waals surface area contributed by atoms with Crippen LogP contribution in [0.4, 0.5) is 0 Å². The smallest absolute Gasteiger partial charge is 0.214 e. The van der Waals surface area contributed by atoms with Crippen molar-refractivity contribution < 1.29 is 8.42 Å². The van der Waals surface area contributed by atoms with Crippen molar-refractivity contribution in [3.63, 3.8) is 0 Å². The van der Waals surface area contributed by atoms with Crippen molar-refractivity contribution in [1.29, 1.82) is 5.26 Å². The van der Waals surface area contributed by atoms with Crippen molar-refractivity contribution in [2.45, 2.75) is 89.7 Å². The number of nitriles is 1. The van der Waals surface area contributed by atoms with E-state index in [4.69, 9.17) is 5.26 Å². The lowest BCUT2D eigenvalue weighted by Gasteiger charge is -2.11. The van der Waals surface area contributed by atoms with Crippen LogP contribution in [0.15, 0.2) is 0 Å². The van der Waals surface area contributed by atoms with Crippen LogP contribution in [0, 0.1) is 11.3 Å². The van der Waals surface area contributed by atoms with Crippen molar-refractivity contribution in [1.82, 2.24) is 4.72 Å². The molecule has 0 aromatic carbocycles. The molecule has 5 heteroatoms. The molecule has 0 heterocycles. The first-order valence-electron chi connectivity index (χ1n) is 8.46. The normalized spacial score (nSPS) is 13.0. The zero-order valence-corrected chi connectivity index (χ0v) is 14.6. The third-order valence-electron chi connectivity index (χ3n) is 3.67. The number of unbranched alkanes of at least 4 members (excludes halogenated alkanes) is 8. The van der Waals surface area contributed by atoms with Crippen molar-refractivity contribution in [3.8, 4) is 6.07 Å². The number of rotatable bonds is 14. The second-order valence-corrected chi connectivity index (χ2v) is 7.62. The van der Waals surface area contributed by atoms with Gasteiger partial charge in [-0.1, -0.05) is 71.6 Å². The van der Waals surface area contributed by atoms with Crippen LogP contribution in [-0.4, -0.2) is 20.2 Å². The second kappa shape index (κ2) is 13.1. The fourth-order valence-electron chi connectivity index (χ4n) is 2.27. The molecule has 0 bridgehead atoms. The molecule has 0 radical (unpaired) electrons. The van der Waals surface area contributed by atoms with Crippen LogP contribution >= 0.6 is 0 Å². The predicted molar refractivity (Wildman–Crippen MR) is 88.5 cm³/mol. The molecule has 1 N–H and O–H groups in total. The minimum Gasteiger partial charge on any atom is -0.214 e. The van der Waals surface area contributed by atoms with Crippen LogP contribution in [0.2, 0.25) is 0 Å². The van der Waals surface area contributed by atoms with Crippen LogP contribution in [0.5, 0.6) is 0 Å². The number of nitrogens with one attached hydrogen (secondary N) is 1. The molecule has 0 amide bonds. The molecule has 0 spiro atoms. The Hall–Kier alpha value is -0.600. The summed E-state index contributed by atoms with van der Waals surface area (Å²) in [6, 6.07) is 1.94. The molecule has 124 valence electrons. The Bertz CT molecular complexity index is 374. The number of sulfonamides is 1. The van der Waals surface area contributed by atoms with E-state index in [-0.39, 0.29) is 0 Å². The SMILES string of the molecule is CCCCCCCCNS(=O)(=O)C(C#N)CCCCCC. The lowest BCUT2D eigenvalue weighted by molar-refractivity contribution is 0.552. The van der Waals surface area contributed by atoms with Crippen molar-refractivity contribution >= 4 is 10.0 Å². The summed E-state index contributed by atoms with van der Waals surface area (Å²) in [4.78, 5) is 0. The van der Waals surface area contributed by atoms with Gasteiger partial charge in [0, 0.05) is 6.54 Å². The Labute approximate surface area is 131 Å². The van der Waals surface area contributed by atoms with Gasteiger partial charge in [0.2, 0.25) is 10.0 Å². The first-order valence-corrected chi connectivity index (χ1v) is 10.0. The molecule has 0 aliphatic rings. The van der Waals surface area contributed by atoms with Gasteiger partial charge in [-0.15, -0.1) is 0 Å². The lowest BCUT2D eigenvalue weighted by Crippen LogP contribution is -2.34. The predicted octanol–water partition coefficient (Wildman–Crippen LogP) is 4.13. The van der Waals surface area contributed by atoms with Gasteiger partial charge < -0.3 is 0 Å². The summed E-state index contributed by atoms with van der Waals surface area (Å²) in [5, 5.41) is 8.15. The van der Waals surface area contributed by atoms with Gasteiger partial charge >= 0.3 is 0 Å². The zero-order chi connectivity index (χ0) is 16.0. The van der Waals surface area contributed by atoms with Gasteiger partial charge in [-0.25, -0.2) is 13.1 Å². The minimum absolute atomic E-state index is 0.447. The van der Waals surface area contributed by atoms with Crippen LogP contribution in [0.3, 0.4) is 0 Å². The molecular formula is C16H32N2O2S. The van der Waals surface area contributed by atoms with E-state index in [0.29, 0.717) is 13.0 Å². The van der Waals surface area contributed by atoms with Crippen LogP contribution in [0.25, 0.3) is 0 Å². The van der Waals surface area contributed by atoms with E-state index in [2.05, 4.69) is 18.6 Å². The molecule has 1 atom stereocenters. The maximum Gasteiger partial charge on any atom is 0.227 e. The van der Waals surface area contributed by atoms with E-state index in [1.165, 1.54) is 19.3 Å². The monoisotopic (exact) mass is 316 g/mol. The molecule has 0 saturated carbocycles. The topological polar surface area (TPSA) is 70.0 Å². The summed E-state index contributed by atoms with van der Waals surface area (Å²) in [5.41, 5.74) is 0. The first-order chi connectivity index (χ1) is 10.1. The highest BCUT2D eigenvalue weighted by molar-refractivity contribution is 7.90. The van der Waals surface area contributed by atoms with E-state index in [1.54, 1.807) is 0 Å². The average Bonchev–Trinajstić information content (AvgIpc) is 2.46. The molecule has 0 fully saturated rings. The first kappa shape index (κ1) is 20.4. The summed E-state index contributed by atoms with van der Waals surface area (Å²) < 4.78 is 26.6. The summed E-state index contributed by atoms with van der Waals surface area (Å²) in [7, 11) is -3.47. The Kier molecular flexibility index (Phi) is 12.7. The highest BCUT2D eigenvalue weighted by atomic mass is 32.2. The molecule has 0 aromatic heterocycles. The number of nitrogens with zero attached hydrogens (tertiary/aromatic N) is 1. The zero-order valence-electron chi connectivity index (χ0n) is 13.7. The summed E-state index contributed by atoms with van der Waals surface area (Å²) in [5.74, 6) is 0. The molecule has 21 heavy (non-hydrogen) atoms. The molecule has 0 rings (SSSR count). The molecule has 0 aliphatic carbocycles. The van der Waals surface area contributed by atoms with Gasteiger partial charge in [0.25, 0.3) is 0 Å². The third kappa shape index (κ3) is 10.7. The Balaban J connectivity index is 3.89. The van der Waals surface area contributed by atoms with Crippen molar-refractivity contribution in [3.05, 3.63) is 0 Å². The number of hydrogen-bond acceptors (Lipinski definition) is 3. The highest BCUT2D eigenvalue weighted by Crippen LogP contribution is 2.11. The lowest BCUT2D eigenvalue weighted by atomic mass is 10.1. The third-order valence-corrected chi connectivity index (χ3v) is 5.37. The molecule has 0 saturated heterocycles. The standard InChI is InChI=1S/C16H32N2O2S/c1-3-5-7-9-10-12-14-18-21(19,20)16(15-17)13-11-8-6-4-2/h16,18H,3-14H2,1-2H3. The average molecular weight is 317 g/mol.